The van der Waals surface area contributed by atoms with Gasteiger partial charge in [-0.25, -0.2) is 9.59 Å². The summed E-state index contributed by atoms with van der Waals surface area (Å²) in [6, 6.07) is 15.2. The summed E-state index contributed by atoms with van der Waals surface area (Å²) in [5.74, 6) is -1.85. The van der Waals surface area contributed by atoms with Gasteiger partial charge in [-0.2, -0.15) is 0 Å². The van der Waals surface area contributed by atoms with Crippen LogP contribution in [0.1, 0.15) is 31.4 Å². The number of aliphatic hydroxyl groups is 1. The highest BCUT2D eigenvalue weighted by molar-refractivity contribution is 7.99. The molecule has 4 atom stereocenters. The van der Waals surface area contributed by atoms with E-state index in [0.717, 1.165) is 11.1 Å². The number of benzene rings is 2. The average molecular weight is 558 g/mol. The van der Waals surface area contributed by atoms with Crippen molar-refractivity contribution in [1.29, 1.82) is 0 Å². The molecule has 4 N–H and O–H groups in total. The van der Waals surface area contributed by atoms with Gasteiger partial charge in [0.1, 0.15) is 18.7 Å². The van der Waals surface area contributed by atoms with Gasteiger partial charge in [-0.15, -0.1) is 11.8 Å². The zero-order valence-corrected chi connectivity index (χ0v) is 22.8. The van der Waals surface area contributed by atoms with E-state index in [1.165, 1.54) is 16.7 Å². The van der Waals surface area contributed by atoms with Crippen LogP contribution < -0.4 is 10.6 Å². The summed E-state index contributed by atoms with van der Waals surface area (Å²) in [6.45, 7) is 3.89. The van der Waals surface area contributed by atoms with Crippen LogP contribution in [-0.2, 0) is 32.1 Å². The van der Waals surface area contributed by atoms with Crippen molar-refractivity contribution < 1.29 is 34.1 Å². The number of nitrogens with zero attached hydrogens (tertiary/aromatic N) is 1. The third-order valence-corrected chi connectivity index (χ3v) is 7.25. The van der Waals surface area contributed by atoms with E-state index < -0.39 is 48.1 Å². The lowest BCUT2D eigenvalue weighted by Gasteiger charge is -2.30. The zero-order chi connectivity index (χ0) is 28.4. The van der Waals surface area contributed by atoms with E-state index in [9.17, 15) is 29.4 Å². The Hall–Kier alpha value is -3.57. The minimum Gasteiger partial charge on any atom is -0.479 e. The first-order valence-corrected chi connectivity index (χ1v) is 13.9. The van der Waals surface area contributed by atoms with Crippen LogP contribution in [0, 0.1) is 5.92 Å². The third-order valence-electron chi connectivity index (χ3n) is 6.24. The molecule has 0 saturated carbocycles. The second kappa shape index (κ2) is 14.5. The number of carbonyl (C=O) groups is 4. The lowest BCUT2D eigenvalue weighted by molar-refractivity contribution is -0.149. The second-order valence-electron chi connectivity index (χ2n) is 9.80. The van der Waals surface area contributed by atoms with E-state index >= 15 is 0 Å². The molecule has 0 bridgehead atoms. The number of rotatable bonds is 12. The fourth-order valence-corrected chi connectivity index (χ4v) is 5.40. The minimum atomic E-state index is -1.83. The maximum atomic E-state index is 13.5. The van der Waals surface area contributed by atoms with Crippen LogP contribution >= 0.6 is 11.8 Å². The molecule has 1 aliphatic rings. The number of nitrogens with one attached hydrogen (secondary N) is 2. The van der Waals surface area contributed by atoms with Gasteiger partial charge in [0, 0.05) is 5.75 Å². The summed E-state index contributed by atoms with van der Waals surface area (Å²) in [6.07, 6.45) is -2.14. The van der Waals surface area contributed by atoms with Crippen LogP contribution in [0.3, 0.4) is 0 Å². The Bertz CT molecular complexity index is 1120. The number of amides is 3. The quantitative estimate of drug-likeness (QED) is 0.311. The molecule has 39 heavy (non-hydrogen) atoms. The number of carbonyl (C=O) groups excluding carboxylic acids is 3. The first-order chi connectivity index (χ1) is 18.7. The maximum Gasteiger partial charge on any atom is 0.408 e. The summed E-state index contributed by atoms with van der Waals surface area (Å²) >= 11 is 1.38. The fraction of sp³-hybridized carbons (Fsp3) is 0.429. The van der Waals surface area contributed by atoms with Crippen LogP contribution in [0.15, 0.2) is 60.7 Å². The van der Waals surface area contributed by atoms with Crippen molar-refractivity contribution in [2.24, 2.45) is 5.92 Å². The lowest BCUT2D eigenvalue weighted by Crippen LogP contribution is -2.57. The molecule has 0 aromatic heterocycles. The van der Waals surface area contributed by atoms with Gasteiger partial charge in [-0.05, 0) is 29.9 Å². The Labute approximate surface area is 232 Å². The van der Waals surface area contributed by atoms with Crippen LogP contribution in [0.4, 0.5) is 4.79 Å². The van der Waals surface area contributed by atoms with Gasteiger partial charge < -0.3 is 30.5 Å². The standard InChI is InChI=1S/C28H35N3O7S/c1-18(2)13-22(30-28(37)38-15-20-11-7-4-8-12-20)26(34)31-17-39-16-23(31)25(33)29-21(24(32)27(35)36)14-19-9-5-3-6-10-19/h3-12,18,21-24,32H,13-17H2,1-2H3,(H,29,33)(H,30,37)(H,35,36)/t21-,22-,23-,24?/m0/s1. The highest BCUT2D eigenvalue weighted by atomic mass is 32.2. The van der Waals surface area contributed by atoms with Gasteiger partial charge in [-0.1, -0.05) is 74.5 Å². The Morgan fingerprint density at radius 2 is 1.62 bits per heavy atom. The molecule has 0 aliphatic carbocycles. The number of alkyl carbamates (subject to hydrolysis) is 1. The van der Waals surface area contributed by atoms with Crippen LogP contribution in [0.5, 0.6) is 0 Å². The Morgan fingerprint density at radius 3 is 2.21 bits per heavy atom. The van der Waals surface area contributed by atoms with Crippen LogP contribution in [0.2, 0.25) is 0 Å². The zero-order valence-electron chi connectivity index (χ0n) is 22.0. The third kappa shape index (κ3) is 9.00. The lowest BCUT2D eigenvalue weighted by atomic mass is 10.00. The fourth-order valence-electron chi connectivity index (χ4n) is 4.24. The number of hydrogen-bond donors (Lipinski definition) is 4. The number of aliphatic hydroxyl groups excluding tert-OH is 1. The molecule has 1 heterocycles. The van der Waals surface area contributed by atoms with Gasteiger partial charge in [0.25, 0.3) is 0 Å². The topological polar surface area (TPSA) is 145 Å². The molecule has 1 aliphatic heterocycles. The summed E-state index contributed by atoms with van der Waals surface area (Å²) in [5, 5.41) is 24.9. The molecule has 2 aromatic carbocycles. The molecule has 1 saturated heterocycles. The Kier molecular flexibility index (Phi) is 11.2. The van der Waals surface area contributed by atoms with Gasteiger partial charge in [0.2, 0.25) is 11.8 Å². The summed E-state index contributed by atoms with van der Waals surface area (Å²) in [4.78, 5) is 52.3. The Balaban J connectivity index is 1.68. The number of aliphatic carboxylic acids is 1. The van der Waals surface area contributed by atoms with Crippen molar-refractivity contribution in [3.05, 3.63) is 71.8 Å². The predicted octanol–water partition coefficient (Wildman–Crippen LogP) is 2.40. The van der Waals surface area contributed by atoms with Crippen molar-refractivity contribution in [2.45, 2.75) is 57.5 Å². The minimum absolute atomic E-state index is 0.0502. The predicted molar refractivity (Wildman–Crippen MR) is 147 cm³/mol. The number of ether oxygens (including phenoxy) is 1. The van der Waals surface area contributed by atoms with Crippen molar-refractivity contribution in [2.75, 3.05) is 11.6 Å². The normalized spacial score (nSPS) is 17.2. The average Bonchev–Trinajstić information content (AvgIpc) is 3.41. The molecule has 0 spiro atoms. The smallest absolute Gasteiger partial charge is 0.408 e. The molecule has 10 nitrogen and oxygen atoms in total. The highest BCUT2D eigenvalue weighted by Gasteiger charge is 2.40. The molecular formula is C28H35N3O7S. The van der Waals surface area contributed by atoms with Crippen molar-refractivity contribution in [3.63, 3.8) is 0 Å². The Morgan fingerprint density at radius 1 is 1.00 bits per heavy atom. The van der Waals surface area contributed by atoms with Crippen molar-refractivity contribution >= 4 is 35.6 Å². The molecule has 11 heteroatoms. The SMILES string of the molecule is CC(C)C[C@H](NC(=O)OCc1ccccc1)C(=O)N1CSC[C@H]1C(=O)N[C@@H](Cc1ccccc1)C(O)C(=O)O. The number of thioether (sulfide) groups is 1. The molecular weight excluding hydrogens is 522 g/mol. The highest BCUT2D eigenvalue weighted by Crippen LogP contribution is 2.24. The molecule has 1 fully saturated rings. The summed E-state index contributed by atoms with van der Waals surface area (Å²) in [7, 11) is 0. The first-order valence-electron chi connectivity index (χ1n) is 12.8. The first kappa shape index (κ1) is 30.0. The van der Waals surface area contributed by atoms with Gasteiger partial charge >= 0.3 is 12.1 Å². The molecule has 3 rings (SSSR count). The molecule has 1 unspecified atom stereocenters. The van der Waals surface area contributed by atoms with Crippen LogP contribution in [-0.4, -0.2) is 74.8 Å². The van der Waals surface area contributed by atoms with E-state index in [4.69, 9.17) is 4.74 Å². The van der Waals surface area contributed by atoms with Crippen molar-refractivity contribution in [3.8, 4) is 0 Å². The molecule has 3 amide bonds. The number of carboxylic acids is 1. The van der Waals surface area contributed by atoms with Gasteiger partial charge in [0.15, 0.2) is 6.10 Å². The van der Waals surface area contributed by atoms with E-state index in [2.05, 4.69) is 10.6 Å². The molecule has 210 valence electrons. The largest absolute Gasteiger partial charge is 0.479 e. The van der Waals surface area contributed by atoms with Gasteiger partial charge in [-0.3, -0.25) is 9.59 Å². The summed E-state index contributed by atoms with van der Waals surface area (Å²) in [5.41, 5.74) is 1.55. The van der Waals surface area contributed by atoms with E-state index in [1.807, 2.05) is 50.2 Å². The second-order valence-corrected chi connectivity index (χ2v) is 10.8. The molecule has 0 radical (unpaired) electrons. The summed E-state index contributed by atoms with van der Waals surface area (Å²) < 4.78 is 5.30. The van der Waals surface area contributed by atoms with Crippen LogP contribution in [0.25, 0.3) is 0 Å². The van der Waals surface area contributed by atoms with Crippen molar-refractivity contribution in [1.82, 2.24) is 15.5 Å². The number of carboxylic acid groups (broad SMARTS) is 1. The molecule has 2 aromatic rings. The monoisotopic (exact) mass is 557 g/mol. The van der Waals surface area contributed by atoms with Gasteiger partial charge in [0.05, 0.1) is 11.9 Å². The van der Waals surface area contributed by atoms with E-state index in [-0.39, 0.29) is 24.8 Å². The maximum absolute atomic E-state index is 13.5. The van der Waals surface area contributed by atoms with E-state index in [0.29, 0.717) is 12.2 Å². The number of hydrogen-bond acceptors (Lipinski definition) is 7. The van der Waals surface area contributed by atoms with E-state index in [1.54, 1.807) is 24.3 Å².